The second-order valence-electron chi connectivity index (χ2n) is 5.05. The first-order valence-electron chi connectivity index (χ1n) is 6.69. The maximum Gasteiger partial charge on any atom is 0.252 e. The average molecular weight is 289 g/mol. The van der Waals surface area contributed by atoms with Crippen LogP contribution in [0.4, 0.5) is 0 Å². The summed E-state index contributed by atoms with van der Waals surface area (Å²) in [5, 5.41) is 2.99. The topological polar surface area (TPSA) is 68.0 Å². The molecule has 2 rings (SSSR count). The number of amides is 1. The van der Waals surface area contributed by atoms with Crippen molar-refractivity contribution in [2.75, 3.05) is 18.8 Å². The summed E-state index contributed by atoms with van der Waals surface area (Å²) in [5.41, 5.74) is 6.59. The molecule has 1 fully saturated rings. The summed E-state index contributed by atoms with van der Waals surface area (Å²) >= 11 is 1.93. The molecule has 4 nitrogen and oxygen atoms in total. The van der Waals surface area contributed by atoms with Crippen LogP contribution in [0, 0.1) is 11.8 Å². The Morgan fingerprint density at radius 3 is 3.15 bits per heavy atom. The summed E-state index contributed by atoms with van der Waals surface area (Å²) < 4.78 is 0.167. The smallest absolute Gasteiger partial charge is 0.252 e. The molecule has 1 aliphatic rings. The van der Waals surface area contributed by atoms with Crippen molar-refractivity contribution in [3.8, 4) is 11.8 Å². The van der Waals surface area contributed by atoms with Crippen molar-refractivity contribution in [1.29, 1.82) is 0 Å². The van der Waals surface area contributed by atoms with Crippen LogP contribution < -0.4 is 11.1 Å². The number of nitrogens with one attached hydrogen (secondary N) is 1. The van der Waals surface area contributed by atoms with Crippen LogP contribution in [0.2, 0.25) is 0 Å². The fraction of sp³-hybridized carbons (Fsp3) is 0.467. The highest BCUT2D eigenvalue weighted by Gasteiger charge is 2.29. The molecule has 1 aliphatic heterocycles. The molecule has 0 saturated carbocycles. The molecule has 5 heteroatoms. The van der Waals surface area contributed by atoms with Crippen molar-refractivity contribution < 1.29 is 4.79 Å². The predicted octanol–water partition coefficient (Wildman–Crippen LogP) is 1.41. The molecule has 106 valence electrons. The van der Waals surface area contributed by atoms with E-state index >= 15 is 0 Å². The lowest BCUT2D eigenvalue weighted by molar-refractivity contribution is 0.0949. The highest BCUT2D eigenvalue weighted by molar-refractivity contribution is 8.00. The Morgan fingerprint density at radius 2 is 2.45 bits per heavy atom. The second kappa shape index (κ2) is 6.78. The van der Waals surface area contributed by atoms with Crippen LogP contribution >= 0.6 is 11.8 Å². The van der Waals surface area contributed by atoms with Crippen LogP contribution in [0.5, 0.6) is 0 Å². The van der Waals surface area contributed by atoms with Crippen molar-refractivity contribution >= 4 is 17.7 Å². The summed E-state index contributed by atoms with van der Waals surface area (Å²) in [6.45, 7) is 3.19. The van der Waals surface area contributed by atoms with E-state index in [2.05, 4.69) is 29.1 Å². The van der Waals surface area contributed by atoms with Crippen LogP contribution in [0.15, 0.2) is 18.5 Å². The van der Waals surface area contributed by atoms with Crippen molar-refractivity contribution in [3.05, 3.63) is 29.6 Å². The zero-order valence-corrected chi connectivity index (χ0v) is 12.4. The first-order valence-corrected chi connectivity index (χ1v) is 7.68. The molecule has 0 bridgehead atoms. The molecule has 2 heterocycles. The molecular weight excluding hydrogens is 270 g/mol. The quantitative estimate of drug-likeness (QED) is 0.826. The van der Waals surface area contributed by atoms with Crippen molar-refractivity contribution in [1.82, 2.24) is 10.3 Å². The first kappa shape index (κ1) is 14.9. The summed E-state index contributed by atoms with van der Waals surface area (Å²) in [6.07, 6.45) is 5.57. The van der Waals surface area contributed by atoms with E-state index in [0.29, 0.717) is 24.2 Å². The zero-order chi connectivity index (χ0) is 14.4. The molecule has 0 radical (unpaired) electrons. The van der Waals surface area contributed by atoms with Gasteiger partial charge in [0.1, 0.15) is 0 Å². The maximum absolute atomic E-state index is 12.1. The van der Waals surface area contributed by atoms with Gasteiger partial charge in [0.05, 0.1) is 12.1 Å². The van der Waals surface area contributed by atoms with Gasteiger partial charge in [0, 0.05) is 29.2 Å². The van der Waals surface area contributed by atoms with Gasteiger partial charge < -0.3 is 11.1 Å². The van der Waals surface area contributed by atoms with Gasteiger partial charge in [-0.25, -0.2) is 0 Å². The molecule has 1 amide bonds. The van der Waals surface area contributed by atoms with Crippen LogP contribution in [-0.4, -0.2) is 34.5 Å². The van der Waals surface area contributed by atoms with E-state index in [-0.39, 0.29) is 10.7 Å². The molecule has 1 aromatic heterocycles. The Hall–Kier alpha value is -1.51. The fourth-order valence-corrected chi connectivity index (χ4v) is 3.38. The number of carbonyl (C=O) groups excluding carboxylic acids is 1. The number of pyridine rings is 1. The van der Waals surface area contributed by atoms with Crippen LogP contribution in [0.25, 0.3) is 0 Å². The third-order valence-corrected chi connectivity index (χ3v) is 4.80. The van der Waals surface area contributed by atoms with Gasteiger partial charge in [-0.1, -0.05) is 11.8 Å². The molecule has 1 unspecified atom stereocenters. The number of hydrogen-bond acceptors (Lipinski definition) is 4. The Morgan fingerprint density at radius 1 is 1.60 bits per heavy atom. The molecule has 1 saturated heterocycles. The predicted molar refractivity (Wildman–Crippen MR) is 82.6 cm³/mol. The highest BCUT2D eigenvalue weighted by atomic mass is 32.2. The van der Waals surface area contributed by atoms with E-state index in [1.54, 1.807) is 18.5 Å². The third-order valence-electron chi connectivity index (χ3n) is 3.26. The number of thioether (sulfide) groups is 1. The van der Waals surface area contributed by atoms with Crippen molar-refractivity contribution in [2.45, 2.75) is 24.5 Å². The number of aromatic nitrogens is 1. The Bertz CT molecular complexity index is 542. The minimum atomic E-state index is -0.0948. The lowest BCUT2D eigenvalue weighted by Crippen LogP contribution is -2.36. The lowest BCUT2D eigenvalue weighted by atomic mass is 10.1. The number of nitrogens with zero attached hydrogens (tertiary/aromatic N) is 1. The van der Waals surface area contributed by atoms with Gasteiger partial charge in [0.25, 0.3) is 5.91 Å². The van der Waals surface area contributed by atoms with Crippen molar-refractivity contribution in [2.24, 2.45) is 5.73 Å². The van der Waals surface area contributed by atoms with Gasteiger partial charge in [0.15, 0.2) is 0 Å². The van der Waals surface area contributed by atoms with E-state index in [1.807, 2.05) is 11.8 Å². The average Bonchev–Trinajstić information content (AvgIpc) is 2.90. The SMILES string of the molecule is CC1(CNC(=O)c2cncc(C#CCN)c2)CCCS1. The van der Waals surface area contributed by atoms with E-state index < -0.39 is 0 Å². The van der Waals surface area contributed by atoms with E-state index in [0.717, 1.165) is 6.42 Å². The first-order chi connectivity index (χ1) is 9.63. The molecule has 3 N–H and O–H groups in total. The van der Waals surface area contributed by atoms with E-state index in [9.17, 15) is 4.79 Å². The third kappa shape index (κ3) is 3.99. The minimum absolute atomic E-state index is 0.0948. The van der Waals surface area contributed by atoms with E-state index in [1.165, 1.54) is 12.2 Å². The van der Waals surface area contributed by atoms with Crippen LogP contribution in [0.3, 0.4) is 0 Å². The van der Waals surface area contributed by atoms with Gasteiger partial charge in [-0.2, -0.15) is 11.8 Å². The normalized spacial score (nSPS) is 21.1. The molecule has 0 aromatic carbocycles. The molecule has 1 aromatic rings. The van der Waals surface area contributed by atoms with Gasteiger partial charge in [-0.3, -0.25) is 9.78 Å². The molecule has 0 spiro atoms. The van der Waals surface area contributed by atoms with Gasteiger partial charge in [-0.15, -0.1) is 0 Å². The summed E-state index contributed by atoms with van der Waals surface area (Å²) in [6, 6.07) is 1.75. The molecular formula is C15H19N3OS. The Kier molecular flexibility index (Phi) is 5.05. The Balaban J connectivity index is 1.98. The standard InChI is InChI=1S/C15H19N3OS/c1-15(5-3-7-20-15)11-18-14(19)13-8-12(4-2-6-16)9-17-10-13/h8-10H,3,5-7,11,16H2,1H3,(H,18,19). The van der Waals surface area contributed by atoms with Crippen molar-refractivity contribution in [3.63, 3.8) is 0 Å². The van der Waals surface area contributed by atoms with Gasteiger partial charge in [0.2, 0.25) is 0 Å². The van der Waals surface area contributed by atoms with Gasteiger partial charge in [-0.05, 0) is 31.6 Å². The van der Waals surface area contributed by atoms with Gasteiger partial charge >= 0.3 is 0 Å². The number of hydrogen-bond donors (Lipinski definition) is 2. The summed E-state index contributed by atoms with van der Waals surface area (Å²) in [4.78, 5) is 16.2. The largest absolute Gasteiger partial charge is 0.351 e. The summed E-state index contributed by atoms with van der Waals surface area (Å²) in [7, 11) is 0. The number of nitrogens with two attached hydrogens (primary N) is 1. The number of rotatable bonds is 3. The highest BCUT2D eigenvalue weighted by Crippen LogP contribution is 2.36. The second-order valence-corrected chi connectivity index (χ2v) is 6.74. The van der Waals surface area contributed by atoms with Crippen LogP contribution in [0.1, 0.15) is 35.7 Å². The molecule has 0 aliphatic carbocycles. The zero-order valence-electron chi connectivity index (χ0n) is 11.6. The monoisotopic (exact) mass is 289 g/mol. The minimum Gasteiger partial charge on any atom is -0.351 e. The number of carbonyl (C=O) groups is 1. The maximum atomic E-state index is 12.1. The van der Waals surface area contributed by atoms with E-state index in [4.69, 9.17) is 5.73 Å². The van der Waals surface area contributed by atoms with Crippen LogP contribution in [-0.2, 0) is 0 Å². The Labute approximate surface area is 123 Å². The lowest BCUT2D eigenvalue weighted by Gasteiger charge is -2.22. The summed E-state index contributed by atoms with van der Waals surface area (Å²) in [5.74, 6) is 6.72. The fourth-order valence-electron chi connectivity index (χ4n) is 2.13. The molecule has 1 atom stereocenters. The molecule has 20 heavy (non-hydrogen) atoms.